The molecule has 1 saturated heterocycles. The van der Waals surface area contributed by atoms with Gasteiger partial charge in [0, 0.05) is 6.54 Å². The van der Waals surface area contributed by atoms with E-state index >= 15 is 0 Å². The number of amides is 2. The number of hydrogen-bond acceptors (Lipinski definition) is 4. The topological polar surface area (TPSA) is 78.9 Å². The average Bonchev–Trinajstić information content (AvgIpc) is 3.08. The highest BCUT2D eigenvalue weighted by Gasteiger charge is 2.35. The van der Waals surface area contributed by atoms with E-state index in [-0.39, 0.29) is 25.2 Å². The molecule has 2 N–H and O–H groups in total. The van der Waals surface area contributed by atoms with Crippen molar-refractivity contribution in [2.24, 2.45) is 0 Å². The molecule has 1 aromatic carbocycles. The molecule has 6 nitrogen and oxygen atoms in total. The maximum absolute atomic E-state index is 12.3. The van der Waals surface area contributed by atoms with Crippen LogP contribution in [0.25, 0.3) is 0 Å². The fraction of sp³-hybridized carbons (Fsp3) is 0.529. The lowest BCUT2D eigenvalue weighted by Crippen LogP contribution is -2.49. The van der Waals surface area contributed by atoms with Crippen molar-refractivity contribution in [3.05, 3.63) is 35.9 Å². The van der Waals surface area contributed by atoms with Gasteiger partial charge in [0.2, 0.25) is 5.91 Å². The van der Waals surface area contributed by atoms with E-state index in [9.17, 15) is 14.7 Å². The SMILES string of the molecule is CC[C@H](CO)NC(=O)[C@@H]1CCCN1C(=O)OCc1ccccc1. The molecule has 0 bridgehead atoms. The summed E-state index contributed by atoms with van der Waals surface area (Å²) in [6.45, 7) is 2.50. The number of carbonyl (C=O) groups is 2. The Bertz CT molecular complexity index is 517. The number of benzene rings is 1. The van der Waals surface area contributed by atoms with Gasteiger partial charge in [-0.2, -0.15) is 0 Å². The molecule has 1 aliphatic rings. The third-order valence-electron chi connectivity index (χ3n) is 4.05. The van der Waals surface area contributed by atoms with Crippen LogP contribution in [0.15, 0.2) is 30.3 Å². The van der Waals surface area contributed by atoms with Gasteiger partial charge in [-0.1, -0.05) is 37.3 Å². The molecule has 2 rings (SSSR count). The summed E-state index contributed by atoms with van der Waals surface area (Å²) < 4.78 is 5.31. The van der Waals surface area contributed by atoms with E-state index in [0.717, 1.165) is 12.0 Å². The van der Waals surface area contributed by atoms with Crippen molar-refractivity contribution in [1.82, 2.24) is 10.2 Å². The number of rotatable bonds is 6. The van der Waals surface area contributed by atoms with E-state index in [1.165, 1.54) is 4.90 Å². The molecule has 1 aromatic rings. The zero-order chi connectivity index (χ0) is 16.7. The number of carbonyl (C=O) groups excluding carboxylic acids is 2. The molecule has 0 radical (unpaired) electrons. The molecule has 2 amide bonds. The predicted octanol–water partition coefficient (Wildman–Crippen LogP) is 1.67. The summed E-state index contributed by atoms with van der Waals surface area (Å²) in [6, 6.07) is 8.65. The Balaban J connectivity index is 1.89. The number of nitrogens with one attached hydrogen (secondary N) is 1. The second-order valence-electron chi connectivity index (χ2n) is 5.69. The fourth-order valence-electron chi connectivity index (χ4n) is 2.63. The van der Waals surface area contributed by atoms with Crippen LogP contribution in [-0.4, -0.2) is 47.2 Å². The second kappa shape index (κ2) is 8.53. The van der Waals surface area contributed by atoms with Crippen LogP contribution >= 0.6 is 0 Å². The van der Waals surface area contributed by atoms with Gasteiger partial charge in [-0.15, -0.1) is 0 Å². The minimum Gasteiger partial charge on any atom is -0.445 e. The average molecular weight is 320 g/mol. The highest BCUT2D eigenvalue weighted by atomic mass is 16.6. The summed E-state index contributed by atoms with van der Waals surface area (Å²) in [5.74, 6) is -0.222. The minimum absolute atomic E-state index is 0.104. The molecule has 0 spiro atoms. The van der Waals surface area contributed by atoms with Crippen LogP contribution in [0.3, 0.4) is 0 Å². The summed E-state index contributed by atoms with van der Waals surface area (Å²) >= 11 is 0. The number of aliphatic hydroxyl groups is 1. The van der Waals surface area contributed by atoms with E-state index in [1.54, 1.807) is 0 Å². The number of ether oxygens (including phenoxy) is 1. The molecule has 0 aromatic heterocycles. The Morgan fingerprint density at radius 1 is 1.39 bits per heavy atom. The highest BCUT2D eigenvalue weighted by Crippen LogP contribution is 2.19. The van der Waals surface area contributed by atoms with Gasteiger partial charge >= 0.3 is 6.09 Å². The molecule has 23 heavy (non-hydrogen) atoms. The molecular weight excluding hydrogens is 296 g/mol. The lowest BCUT2D eigenvalue weighted by molar-refractivity contribution is -0.126. The molecular formula is C17H24N2O4. The van der Waals surface area contributed by atoms with Crippen molar-refractivity contribution >= 4 is 12.0 Å². The molecule has 1 heterocycles. The summed E-state index contributed by atoms with van der Waals surface area (Å²) in [5.41, 5.74) is 0.910. The molecule has 0 aliphatic carbocycles. The molecule has 1 aliphatic heterocycles. The fourth-order valence-corrected chi connectivity index (χ4v) is 2.63. The first-order valence-electron chi connectivity index (χ1n) is 8.04. The second-order valence-corrected chi connectivity index (χ2v) is 5.69. The standard InChI is InChI=1S/C17H24N2O4/c1-2-14(11-20)18-16(21)15-9-6-10-19(15)17(22)23-12-13-7-4-3-5-8-13/h3-5,7-8,14-15,20H,2,6,9-12H2,1H3,(H,18,21)/t14-,15+/m1/s1. The first-order valence-corrected chi connectivity index (χ1v) is 8.04. The van der Waals surface area contributed by atoms with Gasteiger partial charge in [-0.05, 0) is 24.8 Å². The van der Waals surface area contributed by atoms with Crippen LogP contribution in [0, 0.1) is 0 Å². The summed E-state index contributed by atoms with van der Waals surface area (Å²) in [7, 11) is 0. The minimum atomic E-state index is -0.515. The summed E-state index contributed by atoms with van der Waals surface area (Å²) in [6.07, 6.45) is 1.57. The van der Waals surface area contributed by atoms with Gasteiger partial charge in [-0.25, -0.2) is 4.79 Å². The monoisotopic (exact) mass is 320 g/mol. The van der Waals surface area contributed by atoms with Gasteiger partial charge in [0.1, 0.15) is 12.6 Å². The molecule has 6 heteroatoms. The molecule has 0 unspecified atom stereocenters. The molecule has 0 saturated carbocycles. The Morgan fingerprint density at radius 2 is 2.13 bits per heavy atom. The van der Waals surface area contributed by atoms with E-state index in [1.807, 2.05) is 37.3 Å². The summed E-state index contributed by atoms with van der Waals surface area (Å²) in [4.78, 5) is 26.0. The van der Waals surface area contributed by atoms with Crippen LogP contribution < -0.4 is 5.32 Å². The van der Waals surface area contributed by atoms with E-state index in [2.05, 4.69) is 5.32 Å². The first kappa shape index (κ1) is 17.3. The van der Waals surface area contributed by atoms with Crippen LogP contribution in [0.5, 0.6) is 0 Å². The van der Waals surface area contributed by atoms with Crippen molar-refractivity contribution in [2.75, 3.05) is 13.2 Å². The van der Waals surface area contributed by atoms with Gasteiger partial charge in [0.15, 0.2) is 0 Å². The zero-order valence-corrected chi connectivity index (χ0v) is 13.4. The number of hydrogen-bond donors (Lipinski definition) is 2. The molecule has 2 atom stereocenters. The Labute approximate surface area is 136 Å². The Kier molecular flexibility index (Phi) is 6.40. The van der Waals surface area contributed by atoms with Gasteiger partial charge in [-0.3, -0.25) is 9.69 Å². The van der Waals surface area contributed by atoms with E-state index in [4.69, 9.17) is 4.74 Å². The lowest BCUT2D eigenvalue weighted by Gasteiger charge is -2.25. The number of aliphatic hydroxyl groups excluding tert-OH is 1. The van der Waals surface area contributed by atoms with E-state index < -0.39 is 12.1 Å². The van der Waals surface area contributed by atoms with Crippen molar-refractivity contribution in [1.29, 1.82) is 0 Å². The quantitative estimate of drug-likeness (QED) is 0.836. The first-order chi connectivity index (χ1) is 11.2. The van der Waals surface area contributed by atoms with Gasteiger partial charge in [0.05, 0.1) is 12.6 Å². The molecule has 126 valence electrons. The predicted molar refractivity (Wildman–Crippen MR) is 85.7 cm³/mol. The maximum Gasteiger partial charge on any atom is 0.410 e. The molecule has 1 fully saturated rings. The maximum atomic E-state index is 12.3. The number of nitrogens with zero attached hydrogens (tertiary/aromatic N) is 1. The van der Waals surface area contributed by atoms with Crippen molar-refractivity contribution in [3.8, 4) is 0 Å². The Morgan fingerprint density at radius 3 is 2.78 bits per heavy atom. The summed E-state index contributed by atoms with van der Waals surface area (Å²) in [5, 5.41) is 12.0. The van der Waals surface area contributed by atoms with E-state index in [0.29, 0.717) is 19.4 Å². The normalized spacial score (nSPS) is 18.5. The van der Waals surface area contributed by atoms with Crippen LogP contribution in [0.4, 0.5) is 4.79 Å². The third kappa shape index (κ3) is 4.69. The number of likely N-dealkylation sites (tertiary alicyclic amines) is 1. The smallest absolute Gasteiger partial charge is 0.410 e. The Hall–Kier alpha value is -2.08. The largest absolute Gasteiger partial charge is 0.445 e. The van der Waals surface area contributed by atoms with Crippen LogP contribution in [0.1, 0.15) is 31.7 Å². The van der Waals surface area contributed by atoms with Gasteiger partial charge < -0.3 is 15.2 Å². The van der Waals surface area contributed by atoms with Crippen LogP contribution in [0.2, 0.25) is 0 Å². The van der Waals surface area contributed by atoms with Crippen molar-refractivity contribution in [2.45, 2.75) is 44.9 Å². The van der Waals surface area contributed by atoms with Crippen LogP contribution in [-0.2, 0) is 16.1 Å². The lowest BCUT2D eigenvalue weighted by atomic mass is 10.1. The van der Waals surface area contributed by atoms with Gasteiger partial charge in [0.25, 0.3) is 0 Å². The zero-order valence-electron chi connectivity index (χ0n) is 13.4. The van der Waals surface area contributed by atoms with Crippen molar-refractivity contribution < 1.29 is 19.4 Å². The van der Waals surface area contributed by atoms with Crippen molar-refractivity contribution in [3.63, 3.8) is 0 Å². The highest BCUT2D eigenvalue weighted by molar-refractivity contribution is 5.86. The third-order valence-corrected chi connectivity index (χ3v) is 4.05.